The third-order valence-corrected chi connectivity index (χ3v) is 3.24. The van der Waals surface area contributed by atoms with Crippen molar-refractivity contribution in [2.75, 3.05) is 18.1 Å². The summed E-state index contributed by atoms with van der Waals surface area (Å²) in [6, 6.07) is 0. The smallest absolute Gasteiger partial charge is 0.330 e. The van der Waals surface area contributed by atoms with Crippen LogP contribution in [0.2, 0.25) is 0 Å². The van der Waals surface area contributed by atoms with E-state index in [0.29, 0.717) is 0 Å². The third-order valence-electron chi connectivity index (χ3n) is 0.950. The van der Waals surface area contributed by atoms with E-state index in [-0.39, 0.29) is 18.1 Å². The van der Waals surface area contributed by atoms with Gasteiger partial charge in [0.2, 0.25) is 0 Å². The number of halogens is 1. The highest BCUT2D eigenvalue weighted by Crippen LogP contribution is 2.42. The van der Waals surface area contributed by atoms with Crippen molar-refractivity contribution < 1.29 is 19.1 Å². The number of alkyl halides is 1. The van der Waals surface area contributed by atoms with Crippen molar-refractivity contribution in [1.82, 2.24) is 0 Å². The summed E-state index contributed by atoms with van der Waals surface area (Å²) >= 11 is 2.98. The van der Waals surface area contributed by atoms with Gasteiger partial charge in [-0.25, -0.2) is 0 Å². The molecule has 0 spiro atoms. The second-order valence-corrected chi connectivity index (χ2v) is 4.59. The molecule has 0 radical (unpaired) electrons. The highest BCUT2D eigenvalue weighted by molar-refractivity contribution is 9.09. The van der Waals surface area contributed by atoms with Gasteiger partial charge in [0.1, 0.15) is 0 Å². The fraction of sp³-hybridized carbons (Fsp3) is 1.00. The van der Waals surface area contributed by atoms with Crippen molar-refractivity contribution in [3.05, 3.63) is 0 Å². The molecule has 0 aromatic carbocycles. The maximum absolute atomic E-state index is 10.9. The Balaban J connectivity index is 3.81. The van der Waals surface area contributed by atoms with Crippen molar-refractivity contribution in [1.29, 1.82) is 0 Å². The summed E-state index contributed by atoms with van der Waals surface area (Å²) in [6.45, 7) is 1.81. The van der Waals surface area contributed by atoms with E-state index in [9.17, 15) is 4.57 Å². The average Bonchev–Trinajstić information content (AvgIpc) is 1.86. The molecule has 0 saturated heterocycles. The summed E-state index contributed by atoms with van der Waals surface area (Å²) in [4.78, 5) is 8.97. The second kappa shape index (κ2) is 5.27. The largest absolute Gasteiger partial charge is 0.392 e. The lowest BCUT2D eigenvalue weighted by atomic mass is 10.5. The Morgan fingerprint density at radius 2 is 2.27 bits per heavy atom. The molecule has 0 amide bonds. The number of aliphatic hydroxyl groups is 1. The molecule has 68 valence electrons. The molecule has 0 bridgehead atoms. The Hall–Kier alpha value is 0.590. The van der Waals surface area contributed by atoms with Gasteiger partial charge in [-0.05, 0) is 6.92 Å². The van der Waals surface area contributed by atoms with Crippen LogP contribution in [0, 0.1) is 0 Å². The first kappa shape index (κ1) is 11.6. The summed E-state index contributed by atoms with van der Waals surface area (Å²) in [7, 11) is -3.55. The number of rotatable bonds is 5. The van der Waals surface area contributed by atoms with Gasteiger partial charge >= 0.3 is 7.60 Å². The summed E-state index contributed by atoms with van der Waals surface area (Å²) in [5, 5.41) is 9.24. The van der Waals surface area contributed by atoms with Gasteiger partial charge in [0.15, 0.2) is 0 Å². The highest BCUT2D eigenvalue weighted by atomic mass is 79.9. The number of aliphatic hydroxyl groups excluding tert-OH is 1. The molecule has 2 N–H and O–H groups in total. The molecule has 0 saturated carbocycles. The van der Waals surface area contributed by atoms with E-state index >= 15 is 0 Å². The maximum atomic E-state index is 10.9. The molecule has 0 fully saturated rings. The maximum Gasteiger partial charge on any atom is 0.330 e. The lowest BCUT2D eigenvalue weighted by Gasteiger charge is -2.12. The molecule has 0 aromatic rings. The second-order valence-electron chi connectivity index (χ2n) is 2.05. The Kier molecular flexibility index (Phi) is 5.56. The first-order chi connectivity index (χ1) is 5.02. The Morgan fingerprint density at radius 1 is 1.73 bits per heavy atom. The van der Waals surface area contributed by atoms with E-state index in [2.05, 4.69) is 20.5 Å². The van der Waals surface area contributed by atoms with Gasteiger partial charge in [-0.1, -0.05) is 15.9 Å². The summed E-state index contributed by atoms with van der Waals surface area (Å²) in [5.41, 5.74) is 0. The minimum Gasteiger partial charge on any atom is -0.392 e. The molecule has 0 aliphatic heterocycles. The van der Waals surface area contributed by atoms with Crippen molar-refractivity contribution >= 4 is 23.5 Å². The van der Waals surface area contributed by atoms with Crippen LogP contribution in [0.1, 0.15) is 6.92 Å². The molecule has 4 nitrogen and oxygen atoms in total. The first-order valence-electron chi connectivity index (χ1n) is 3.22. The third kappa shape index (κ3) is 5.82. The molecule has 0 aromatic heterocycles. The molecule has 0 heterocycles. The Morgan fingerprint density at radius 3 is 2.64 bits per heavy atom. The van der Waals surface area contributed by atoms with Gasteiger partial charge in [-0.15, -0.1) is 0 Å². The van der Waals surface area contributed by atoms with Crippen LogP contribution in [0.4, 0.5) is 0 Å². The topological polar surface area (TPSA) is 66.8 Å². The number of hydrogen-bond acceptors (Lipinski definition) is 3. The average molecular weight is 247 g/mol. The van der Waals surface area contributed by atoms with Gasteiger partial charge in [0.25, 0.3) is 0 Å². The predicted molar refractivity (Wildman–Crippen MR) is 46.1 cm³/mol. The van der Waals surface area contributed by atoms with Crippen LogP contribution < -0.4 is 0 Å². The minimum atomic E-state index is -3.55. The van der Waals surface area contributed by atoms with E-state index in [1.165, 1.54) is 0 Å². The predicted octanol–water partition coefficient (Wildman–Crippen LogP) is 0.964. The highest BCUT2D eigenvalue weighted by Gasteiger charge is 2.22. The van der Waals surface area contributed by atoms with Crippen LogP contribution in [-0.4, -0.2) is 34.2 Å². The Bertz CT molecular complexity index is 151. The van der Waals surface area contributed by atoms with E-state index in [1.54, 1.807) is 6.92 Å². The molecule has 0 aliphatic carbocycles. The van der Waals surface area contributed by atoms with Crippen LogP contribution >= 0.6 is 23.5 Å². The lowest BCUT2D eigenvalue weighted by Crippen LogP contribution is -2.14. The number of hydrogen-bond donors (Lipinski definition) is 2. The van der Waals surface area contributed by atoms with Crippen molar-refractivity contribution in [2.45, 2.75) is 13.0 Å². The van der Waals surface area contributed by atoms with Gasteiger partial charge in [0, 0.05) is 5.33 Å². The van der Waals surface area contributed by atoms with E-state index < -0.39 is 13.7 Å². The minimum absolute atomic E-state index is 0.183. The summed E-state index contributed by atoms with van der Waals surface area (Å²) in [6.07, 6.45) is -1.04. The molecule has 0 aliphatic rings. The van der Waals surface area contributed by atoms with Crippen molar-refractivity contribution in [3.8, 4) is 0 Å². The van der Waals surface area contributed by atoms with Crippen molar-refractivity contribution in [3.63, 3.8) is 0 Å². The zero-order chi connectivity index (χ0) is 8.91. The Labute approximate surface area is 74.2 Å². The first-order valence-corrected chi connectivity index (χ1v) is 6.10. The quantitative estimate of drug-likeness (QED) is 0.561. The van der Waals surface area contributed by atoms with Crippen LogP contribution in [0.5, 0.6) is 0 Å². The van der Waals surface area contributed by atoms with Gasteiger partial charge in [0.05, 0.1) is 18.9 Å². The van der Waals surface area contributed by atoms with Crippen LogP contribution in [0.15, 0.2) is 0 Å². The fourth-order valence-corrected chi connectivity index (χ4v) is 2.32. The van der Waals surface area contributed by atoms with Gasteiger partial charge < -0.3 is 14.5 Å². The van der Waals surface area contributed by atoms with Crippen LogP contribution in [0.25, 0.3) is 0 Å². The fourth-order valence-electron chi connectivity index (χ4n) is 0.570. The van der Waals surface area contributed by atoms with Crippen LogP contribution in [-0.2, 0) is 9.09 Å². The molecule has 2 atom stereocenters. The summed E-state index contributed by atoms with van der Waals surface area (Å²) < 4.78 is 15.5. The van der Waals surface area contributed by atoms with E-state index in [0.717, 1.165) is 0 Å². The summed E-state index contributed by atoms with van der Waals surface area (Å²) in [5.74, 6) is 0. The molecular formula is C5H12BrO4P. The van der Waals surface area contributed by atoms with Gasteiger partial charge in [-0.3, -0.25) is 4.57 Å². The van der Waals surface area contributed by atoms with Crippen LogP contribution in [0.3, 0.4) is 0 Å². The standard InChI is InChI=1S/C5H12BrO4P/c1-2-10-11(8,9)4-5(7)3-6/h5,7H,2-4H2,1H3,(H,8,9). The molecule has 2 unspecified atom stereocenters. The van der Waals surface area contributed by atoms with Crippen molar-refractivity contribution in [2.24, 2.45) is 0 Å². The monoisotopic (exact) mass is 246 g/mol. The SMILES string of the molecule is CCOP(=O)(O)CC(O)CBr. The zero-order valence-corrected chi connectivity index (χ0v) is 8.72. The lowest BCUT2D eigenvalue weighted by molar-refractivity contribution is 0.203. The van der Waals surface area contributed by atoms with E-state index in [4.69, 9.17) is 10.00 Å². The van der Waals surface area contributed by atoms with Gasteiger partial charge in [-0.2, -0.15) is 0 Å². The molecule has 0 rings (SSSR count). The van der Waals surface area contributed by atoms with E-state index in [1.807, 2.05) is 0 Å². The zero-order valence-electron chi connectivity index (χ0n) is 6.23. The molecule has 11 heavy (non-hydrogen) atoms. The molecule has 6 heteroatoms. The molecular weight excluding hydrogens is 235 g/mol. The normalized spacial score (nSPS) is 19.3.